The second kappa shape index (κ2) is 5.80. The minimum atomic E-state index is -4.31. The van der Waals surface area contributed by atoms with Crippen LogP contribution in [0.2, 0.25) is 0 Å². The van der Waals surface area contributed by atoms with Crippen molar-refractivity contribution in [1.29, 1.82) is 0 Å². The summed E-state index contributed by atoms with van der Waals surface area (Å²) in [5.74, 6) is 0.659. The predicted octanol–water partition coefficient (Wildman–Crippen LogP) is 4.12. The Hall–Kier alpha value is -1.26. The molecule has 0 spiro atoms. The molecule has 2 nitrogen and oxygen atoms in total. The number of rotatable bonds is 3. The summed E-state index contributed by atoms with van der Waals surface area (Å²) in [6, 6.07) is 1.06. The van der Waals surface area contributed by atoms with Crippen LogP contribution in [0.5, 0.6) is 0 Å². The Balaban J connectivity index is 2.12. The summed E-state index contributed by atoms with van der Waals surface area (Å²) in [5, 5.41) is 0. The van der Waals surface area contributed by atoms with Crippen LogP contribution in [0.1, 0.15) is 38.2 Å². The lowest BCUT2D eigenvalue weighted by Gasteiger charge is -2.34. The van der Waals surface area contributed by atoms with E-state index in [0.29, 0.717) is 19.0 Å². The number of piperidine rings is 1. The summed E-state index contributed by atoms with van der Waals surface area (Å²) in [5.41, 5.74) is -0.346. The fraction of sp³-hybridized carbons (Fsp3) is 0.643. The number of aromatic nitrogens is 1. The lowest BCUT2D eigenvalue weighted by molar-refractivity contribution is -0.137. The van der Waals surface area contributed by atoms with E-state index >= 15 is 0 Å². The van der Waals surface area contributed by atoms with Crippen LogP contribution < -0.4 is 4.90 Å². The Morgan fingerprint density at radius 1 is 1.32 bits per heavy atom. The van der Waals surface area contributed by atoms with Crippen LogP contribution in [0.3, 0.4) is 0 Å². The van der Waals surface area contributed by atoms with Crippen LogP contribution in [-0.4, -0.2) is 18.1 Å². The molecule has 1 aliphatic heterocycles. The normalized spacial score (nSPS) is 17.8. The number of alkyl halides is 3. The number of hydrogen-bond donors (Lipinski definition) is 0. The highest BCUT2D eigenvalue weighted by molar-refractivity contribution is 5.53. The zero-order valence-corrected chi connectivity index (χ0v) is 11.1. The molecule has 0 unspecified atom stereocenters. The highest BCUT2D eigenvalue weighted by Gasteiger charge is 2.35. The molecule has 1 saturated heterocycles. The van der Waals surface area contributed by atoms with Gasteiger partial charge in [-0.05, 0) is 24.8 Å². The molecule has 0 amide bonds. The van der Waals surface area contributed by atoms with Crippen LogP contribution in [0.15, 0.2) is 18.5 Å². The van der Waals surface area contributed by atoms with Crippen LogP contribution in [0, 0.1) is 5.92 Å². The number of pyridine rings is 1. The van der Waals surface area contributed by atoms with Crippen LogP contribution in [0.25, 0.3) is 0 Å². The molecule has 1 aliphatic rings. The molecular formula is C14H19F3N2. The highest BCUT2D eigenvalue weighted by Crippen LogP contribution is 2.37. The summed E-state index contributed by atoms with van der Waals surface area (Å²) in [4.78, 5) is 5.67. The summed E-state index contributed by atoms with van der Waals surface area (Å²) in [6.45, 7) is 3.54. The number of hydrogen-bond acceptors (Lipinski definition) is 2. The second-order valence-corrected chi connectivity index (χ2v) is 5.11. The van der Waals surface area contributed by atoms with Crippen molar-refractivity contribution in [1.82, 2.24) is 4.98 Å². The van der Waals surface area contributed by atoms with E-state index < -0.39 is 11.7 Å². The van der Waals surface area contributed by atoms with E-state index in [2.05, 4.69) is 11.9 Å². The molecule has 1 aromatic heterocycles. The Kier molecular flexibility index (Phi) is 4.32. The Labute approximate surface area is 111 Å². The molecule has 0 N–H and O–H groups in total. The van der Waals surface area contributed by atoms with E-state index in [4.69, 9.17) is 0 Å². The number of halogens is 3. The molecule has 0 saturated carbocycles. The van der Waals surface area contributed by atoms with E-state index in [0.717, 1.165) is 25.3 Å². The number of nitrogens with zero attached hydrogens (tertiary/aromatic N) is 2. The summed E-state index contributed by atoms with van der Waals surface area (Å²) in [7, 11) is 0. The number of anilines is 1. The van der Waals surface area contributed by atoms with Gasteiger partial charge in [0.25, 0.3) is 0 Å². The lowest BCUT2D eigenvalue weighted by Crippen LogP contribution is -2.35. The summed E-state index contributed by atoms with van der Waals surface area (Å²) in [6.07, 6.45) is 2.50. The average molecular weight is 272 g/mol. The van der Waals surface area contributed by atoms with Gasteiger partial charge in [0.15, 0.2) is 0 Å². The van der Waals surface area contributed by atoms with Gasteiger partial charge in [0, 0.05) is 19.3 Å². The monoisotopic (exact) mass is 272 g/mol. The van der Waals surface area contributed by atoms with E-state index in [1.165, 1.54) is 18.8 Å². The van der Waals surface area contributed by atoms with Crippen LogP contribution in [0.4, 0.5) is 18.9 Å². The maximum absolute atomic E-state index is 12.9. The van der Waals surface area contributed by atoms with Crippen molar-refractivity contribution in [3.05, 3.63) is 24.0 Å². The standard InChI is InChI=1S/C14H19F3N2/c1-2-3-11-5-8-19(9-6-11)13-10-18-7-4-12(13)14(15,16)17/h4,7,10-11H,2-3,5-6,8-9H2,1H3. The molecule has 2 heterocycles. The fourth-order valence-electron chi connectivity index (χ4n) is 2.75. The molecule has 1 fully saturated rings. The van der Waals surface area contributed by atoms with Gasteiger partial charge in [-0.3, -0.25) is 4.98 Å². The quantitative estimate of drug-likeness (QED) is 0.823. The maximum atomic E-state index is 12.9. The van der Waals surface area contributed by atoms with Crippen molar-refractivity contribution in [3.8, 4) is 0 Å². The molecule has 19 heavy (non-hydrogen) atoms. The first-order chi connectivity index (χ1) is 9.02. The van der Waals surface area contributed by atoms with Crippen molar-refractivity contribution in [2.75, 3.05) is 18.0 Å². The van der Waals surface area contributed by atoms with Crippen LogP contribution in [-0.2, 0) is 6.18 Å². The Bertz CT molecular complexity index is 409. The Morgan fingerprint density at radius 3 is 2.58 bits per heavy atom. The average Bonchev–Trinajstić information content (AvgIpc) is 2.39. The molecule has 0 bridgehead atoms. The van der Waals surface area contributed by atoms with Crippen molar-refractivity contribution in [2.24, 2.45) is 5.92 Å². The molecule has 106 valence electrons. The molecule has 0 atom stereocenters. The third-order valence-corrected chi connectivity index (χ3v) is 3.76. The summed E-state index contributed by atoms with van der Waals surface area (Å²) >= 11 is 0. The fourth-order valence-corrected chi connectivity index (χ4v) is 2.75. The lowest BCUT2D eigenvalue weighted by atomic mass is 9.92. The molecule has 2 rings (SSSR count). The zero-order valence-electron chi connectivity index (χ0n) is 11.1. The molecule has 1 aromatic rings. The van der Waals surface area contributed by atoms with Gasteiger partial charge in [-0.1, -0.05) is 19.8 Å². The molecular weight excluding hydrogens is 253 g/mol. The topological polar surface area (TPSA) is 16.1 Å². The molecule has 0 radical (unpaired) electrons. The van der Waals surface area contributed by atoms with E-state index in [1.54, 1.807) is 0 Å². The maximum Gasteiger partial charge on any atom is 0.418 e. The van der Waals surface area contributed by atoms with Gasteiger partial charge in [-0.25, -0.2) is 0 Å². The molecule has 0 aromatic carbocycles. The molecule has 5 heteroatoms. The predicted molar refractivity (Wildman–Crippen MR) is 69.1 cm³/mol. The van der Waals surface area contributed by atoms with Crippen LogP contribution >= 0.6 is 0 Å². The van der Waals surface area contributed by atoms with Gasteiger partial charge in [0.05, 0.1) is 17.4 Å². The van der Waals surface area contributed by atoms with Gasteiger partial charge in [0.2, 0.25) is 0 Å². The first-order valence-corrected chi connectivity index (χ1v) is 6.78. The smallest absolute Gasteiger partial charge is 0.370 e. The van der Waals surface area contributed by atoms with Crippen molar-refractivity contribution in [3.63, 3.8) is 0 Å². The first kappa shape index (κ1) is 14.2. The van der Waals surface area contributed by atoms with E-state index in [1.807, 2.05) is 4.90 Å². The minimum absolute atomic E-state index is 0.227. The van der Waals surface area contributed by atoms with Gasteiger partial charge in [-0.15, -0.1) is 0 Å². The van der Waals surface area contributed by atoms with Gasteiger partial charge >= 0.3 is 6.18 Å². The largest absolute Gasteiger partial charge is 0.418 e. The third kappa shape index (κ3) is 3.39. The third-order valence-electron chi connectivity index (χ3n) is 3.76. The Morgan fingerprint density at radius 2 is 2.00 bits per heavy atom. The van der Waals surface area contributed by atoms with E-state index in [9.17, 15) is 13.2 Å². The first-order valence-electron chi connectivity index (χ1n) is 6.78. The van der Waals surface area contributed by atoms with E-state index in [-0.39, 0.29) is 5.69 Å². The van der Waals surface area contributed by atoms with Crippen molar-refractivity contribution < 1.29 is 13.2 Å². The van der Waals surface area contributed by atoms with Gasteiger partial charge in [0.1, 0.15) is 0 Å². The van der Waals surface area contributed by atoms with Gasteiger partial charge in [-0.2, -0.15) is 13.2 Å². The SMILES string of the molecule is CCCC1CCN(c2cnccc2C(F)(F)F)CC1. The molecule has 0 aliphatic carbocycles. The summed E-state index contributed by atoms with van der Waals surface area (Å²) < 4.78 is 38.8. The highest BCUT2D eigenvalue weighted by atomic mass is 19.4. The second-order valence-electron chi connectivity index (χ2n) is 5.11. The van der Waals surface area contributed by atoms with Crippen molar-refractivity contribution >= 4 is 5.69 Å². The van der Waals surface area contributed by atoms with Crippen molar-refractivity contribution in [2.45, 2.75) is 38.8 Å². The minimum Gasteiger partial charge on any atom is -0.370 e. The van der Waals surface area contributed by atoms with Gasteiger partial charge < -0.3 is 4.90 Å². The zero-order chi connectivity index (χ0) is 13.9.